The highest BCUT2D eigenvalue weighted by atomic mass is 19.4. The van der Waals surface area contributed by atoms with Crippen LogP contribution in [-0.4, -0.2) is 46.0 Å². The second kappa shape index (κ2) is 6.22. The normalized spacial score (nSPS) is 21.5. The molecule has 2 aliphatic rings. The van der Waals surface area contributed by atoms with Crippen molar-refractivity contribution in [2.24, 2.45) is 5.41 Å². The molecule has 9 heteroatoms. The molecule has 6 nitrogen and oxygen atoms in total. The summed E-state index contributed by atoms with van der Waals surface area (Å²) in [6, 6.07) is 0.376. The minimum Gasteiger partial charge on any atom is -0.463 e. The lowest BCUT2D eigenvalue weighted by molar-refractivity contribution is -0.141. The van der Waals surface area contributed by atoms with E-state index in [9.17, 15) is 18.0 Å². The van der Waals surface area contributed by atoms with E-state index in [1.54, 1.807) is 4.98 Å². The molecule has 0 atom stereocenters. The molecule has 3 heterocycles. The SMILES string of the molecule is [2H]C([2H])(Oc1ncc2cc(C(F)(F)F)[nH]c(=O)c2n1)C1(CN2CCCC2)CC1. The van der Waals surface area contributed by atoms with Crippen molar-refractivity contribution in [3.8, 4) is 6.01 Å². The molecule has 140 valence electrons. The Bertz CT molecular complexity index is 954. The van der Waals surface area contributed by atoms with Gasteiger partial charge in [0.05, 0.1) is 9.30 Å². The van der Waals surface area contributed by atoms with E-state index in [4.69, 9.17) is 7.48 Å². The number of aromatic nitrogens is 3. The lowest BCUT2D eigenvalue weighted by Crippen LogP contribution is -2.31. The van der Waals surface area contributed by atoms with Crippen LogP contribution in [0, 0.1) is 5.41 Å². The summed E-state index contributed by atoms with van der Waals surface area (Å²) in [5.41, 5.74) is -3.17. The third kappa shape index (κ3) is 3.53. The highest BCUT2D eigenvalue weighted by Gasteiger charge is 2.45. The van der Waals surface area contributed by atoms with E-state index in [0.717, 1.165) is 38.2 Å². The zero-order valence-electron chi connectivity index (χ0n) is 15.9. The van der Waals surface area contributed by atoms with Crippen LogP contribution < -0.4 is 10.3 Å². The largest absolute Gasteiger partial charge is 0.463 e. The molecule has 2 aromatic rings. The van der Waals surface area contributed by atoms with Crippen molar-refractivity contribution in [3.63, 3.8) is 0 Å². The van der Waals surface area contributed by atoms with Crippen molar-refractivity contribution in [2.75, 3.05) is 26.2 Å². The van der Waals surface area contributed by atoms with Gasteiger partial charge in [-0.25, -0.2) is 4.98 Å². The Morgan fingerprint density at radius 3 is 2.73 bits per heavy atom. The van der Waals surface area contributed by atoms with Crippen molar-refractivity contribution in [1.29, 1.82) is 0 Å². The topological polar surface area (TPSA) is 71.1 Å². The predicted octanol–water partition coefficient (Wildman–Crippen LogP) is 2.59. The number of ether oxygens (including phenoxy) is 1. The number of nitrogens with zero attached hydrogens (tertiary/aromatic N) is 3. The van der Waals surface area contributed by atoms with Crippen molar-refractivity contribution in [2.45, 2.75) is 31.9 Å². The predicted molar refractivity (Wildman–Crippen MR) is 88.0 cm³/mol. The van der Waals surface area contributed by atoms with Gasteiger partial charge in [-0.05, 0) is 44.8 Å². The molecule has 2 fully saturated rings. The van der Waals surface area contributed by atoms with Crippen molar-refractivity contribution in [1.82, 2.24) is 19.9 Å². The molecule has 2 aromatic heterocycles. The number of rotatable bonds is 5. The van der Waals surface area contributed by atoms with Gasteiger partial charge in [-0.2, -0.15) is 18.2 Å². The fraction of sp³-hybridized carbons (Fsp3) is 0.588. The second-order valence-corrected chi connectivity index (χ2v) is 6.93. The van der Waals surface area contributed by atoms with Gasteiger partial charge >= 0.3 is 12.2 Å². The van der Waals surface area contributed by atoms with Crippen LogP contribution in [0.2, 0.25) is 0 Å². The maximum Gasteiger partial charge on any atom is 0.431 e. The summed E-state index contributed by atoms with van der Waals surface area (Å²) in [6.07, 6.45) is -0.141. The lowest BCUT2D eigenvalue weighted by atomic mass is 10.1. The monoisotopic (exact) mass is 370 g/mol. The van der Waals surface area contributed by atoms with Crippen molar-refractivity contribution < 1.29 is 20.6 Å². The summed E-state index contributed by atoms with van der Waals surface area (Å²) in [5, 5.41) is -0.0952. The Balaban J connectivity index is 1.59. The molecule has 0 amide bonds. The number of nitrogens with one attached hydrogen (secondary N) is 1. The van der Waals surface area contributed by atoms with Crippen LogP contribution >= 0.6 is 0 Å². The molecule has 1 saturated heterocycles. The minimum atomic E-state index is -4.70. The lowest BCUT2D eigenvalue weighted by Gasteiger charge is -2.22. The average Bonchev–Trinajstić information content (AvgIpc) is 3.22. The van der Waals surface area contributed by atoms with Gasteiger partial charge in [0, 0.05) is 23.5 Å². The van der Waals surface area contributed by atoms with Gasteiger partial charge in [-0.1, -0.05) is 0 Å². The van der Waals surface area contributed by atoms with Crippen molar-refractivity contribution in [3.05, 3.63) is 28.3 Å². The number of likely N-dealkylation sites (tertiary alicyclic amines) is 1. The van der Waals surface area contributed by atoms with E-state index >= 15 is 0 Å². The van der Waals surface area contributed by atoms with E-state index < -0.39 is 29.4 Å². The number of hydrogen-bond donors (Lipinski definition) is 1. The Labute approximate surface area is 150 Å². The fourth-order valence-corrected chi connectivity index (χ4v) is 3.20. The summed E-state index contributed by atoms with van der Waals surface area (Å²) in [5.74, 6) is 0. The summed E-state index contributed by atoms with van der Waals surface area (Å²) in [7, 11) is 0. The van der Waals surface area contributed by atoms with E-state index in [2.05, 4.69) is 14.9 Å². The van der Waals surface area contributed by atoms with Crippen LogP contribution in [0.1, 0.15) is 34.1 Å². The van der Waals surface area contributed by atoms with Gasteiger partial charge in [-0.3, -0.25) is 4.79 Å². The van der Waals surface area contributed by atoms with Crippen LogP contribution in [0.4, 0.5) is 13.2 Å². The molecule has 1 saturated carbocycles. The number of hydrogen-bond acceptors (Lipinski definition) is 5. The molecular formula is C17H19F3N4O2. The quantitative estimate of drug-likeness (QED) is 0.876. The maximum atomic E-state index is 12.8. The Kier molecular flexibility index (Phi) is 3.58. The molecule has 0 aromatic carbocycles. The molecule has 0 bridgehead atoms. The zero-order valence-corrected chi connectivity index (χ0v) is 13.9. The van der Waals surface area contributed by atoms with Crippen LogP contribution in [0.25, 0.3) is 10.9 Å². The number of pyridine rings is 1. The van der Waals surface area contributed by atoms with Crippen LogP contribution in [0.5, 0.6) is 6.01 Å². The first-order valence-corrected chi connectivity index (χ1v) is 8.48. The van der Waals surface area contributed by atoms with Gasteiger partial charge in [0.1, 0.15) is 11.2 Å². The van der Waals surface area contributed by atoms with E-state index in [1.165, 1.54) is 0 Å². The molecular weight excluding hydrogens is 349 g/mol. The Morgan fingerprint density at radius 1 is 1.35 bits per heavy atom. The third-order valence-corrected chi connectivity index (χ3v) is 4.80. The van der Waals surface area contributed by atoms with E-state index in [1.807, 2.05) is 0 Å². The maximum absolute atomic E-state index is 12.8. The van der Waals surface area contributed by atoms with Crippen LogP contribution in [0.15, 0.2) is 17.1 Å². The Hall–Kier alpha value is -2.16. The zero-order chi connectivity index (χ0) is 20.2. The van der Waals surface area contributed by atoms with Gasteiger partial charge in [0.2, 0.25) is 0 Å². The molecule has 26 heavy (non-hydrogen) atoms. The first kappa shape index (κ1) is 15.0. The van der Waals surface area contributed by atoms with E-state index in [-0.39, 0.29) is 16.9 Å². The second-order valence-electron chi connectivity index (χ2n) is 6.93. The van der Waals surface area contributed by atoms with E-state index in [0.29, 0.717) is 19.4 Å². The number of aromatic amines is 1. The molecule has 0 spiro atoms. The van der Waals surface area contributed by atoms with Gasteiger partial charge in [0.15, 0.2) is 0 Å². The Morgan fingerprint density at radius 2 is 2.08 bits per heavy atom. The number of halogens is 3. The summed E-state index contributed by atoms with van der Waals surface area (Å²) in [6.45, 7) is 0.382. The molecule has 0 unspecified atom stereocenters. The van der Waals surface area contributed by atoms with Crippen LogP contribution in [0.3, 0.4) is 0 Å². The fourth-order valence-electron chi connectivity index (χ4n) is 3.20. The summed E-state index contributed by atoms with van der Waals surface area (Å²) >= 11 is 0. The molecule has 4 rings (SSSR count). The first-order valence-electron chi connectivity index (χ1n) is 9.48. The van der Waals surface area contributed by atoms with Gasteiger partial charge in [0.25, 0.3) is 5.56 Å². The molecule has 1 aliphatic heterocycles. The van der Waals surface area contributed by atoms with Crippen molar-refractivity contribution >= 4 is 10.9 Å². The number of H-pyrrole nitrogens is 1. The molecule has 1 N–H and O–H groups in total. The molecule has 1 aliphatic carbocycles. The summed E-state index contributed by atoms with van der Waals surface area (Å²) in [4.78, 5) is 23.6. The summed E-state index contributed by atoms with van der Waals surface area (Å²) < 4.78 is 60.6. The highest BCUT2D eigenvalue weighted by molar-refractivity contribution is 5.77. The standard InChI is InChI=1S/C17H19F3N4O2/c18-17(19,20)12-7-11-8-21-15(23-13(11)14(25)22-12)26-10-16(3-4-16)9-24-5-1-2-6-24/h7-8H,1-6,9-10H2,(H,22,25)/i10D2. The minimum absolute atomic E-state index is 0.0952. The van der Waals surface area contributed by atoms with Gasteiger partial charge in [-0.15, -0.1) is 0 Å². The number of fused-ring (bicyclic) bond motifs is 1. The first-order chi connectivity index (χ1) is 13.1. The molecule has 0 radical (unpaired) electrons. The average molecular weight is 370 g/mol. The van der Waals surface area contributed by atoms with Crippen LogP contribution in [-0.2, 0) is 6.18 Å². The smallest absolute Gasteiger partial charge is 0.431 e. The number of alkyl halides is 3. The van der Waals surface area contributed by atoms with Gasteiger partial charge < -0.3 is 14.6 Å². The highest BCUT2D eigenvalue weighted by Crippen LogP contribution is 2.46. The third-order valence-electron chi connectivity index (χ3n) is 4.80.